The lowest BCUT2D eigenvalue weighted by molar-refractivity contribution is -0.143. The van der Waals surface area contributed by atoms with E-state index in [2.05, 4.69) is 13.2 Å². The molecule has 1 unspecified atom stereocenters. The summed E-state index contributed by atoms with van der Waals surface area (Å²) in [7, 11) is 0. The van der Waals surface area contributed by atoms with Gasteiger partial charge in [0.2, 0.25) is 5.91 Å². The normalized spacial score (nSPS) is 23.8. The molecule has 0 radical (unpaired) electrons. The summed E-state index contributed by atoms with van der Waals surface area (Å²) in [5.74, 6) is 0.108. The molecule has 1 amide bonds. The summed E-state index contributed by atoms with van der Waals surface area (Å²) < 4.78 is 0. The third-order valence-electron chi connectivity index (χ3n) is 3.09. The van der Waals surface area contributed by atoms with E-state index in [1.54, 1.807) is 4.90 Å². The average molecular weight is 213 g/mol. The van der Waals surface area contributed by atoms with Gasteiger partial charge in [0.15, 0.2) is 0 Å². The van der Waals surface area contributed by atoms with Crippen molar-refractivity contribution in [1.29, 1.82) is 0 Å². The van der Waals surface area contributed by atoms with Crippen molar-refractivity contribution < 1.29 is 4.79 Å². The second kappa shape index (κ2) is 3.63. The SMILES string of the molecule is C=CC1(C)CC(=O)N1C(=C)c1ccccc1. The van der Waals surface area contributed by atoms with Crippen LogP contribution in [0, 0.1) is 0 Å². The van der Waals surface area contributed by atoms with Gasteiger partial charge in [0.25, 0.3) is 0 Å². The maximum absolute atomic E-state index is 11.6. The molecule has 1 heterocycles. The molecule has 0 N–H and O–H groups in total. The molecule has 1 aliphatic heterocycles. The lowest BCUT2D eigenvalue weighted by atomic mass is 9.84. The summed E-state index contributed by atoms with van der Waals surface area (Å²) in [6, 6.07) is 9.74. The monoisotopic (exact) mass is 213 g/mol. The summed E-state index contributed by atoms with van der Waals surface area (Å²) in [6.07, 6.45) is 2.32. The number of hydrogen-bond acceptors (Lipinski definition) is 1. The van der Waals surface area contributed by atoms with E-state index in [0.717, 1.165) is 11.3 Å². The molecule has 2 rings (SSSR count). The largest absolute Gasteiger partial charge is 0.302 e. The molecule has 0 bridgehead atoms. The molecular weight excluding hydrogens is 198 g/mol. The van der Waals surface area contributed by atoms with Gasteiger partial charge in [-0.05, 0) is 12.5 Å². The predicted molar refractivity (Wildman–Crippen MR) is 65.5 cm³/mol. The van der Waals surface area contributed by atoms with Crippen LogP contribution in [0.25, 0.3) is 5.70 Å². The van der Waals surface area contributed by atoms with Gasteiger partial charge in [-0.3, -0.25) is 4.79 Å². The molecule has 1 saturated heterocycles. The average Bonchev–Trinajstić information content (AvgIpc) is 2.29. The van der Waals surface area contributed by atoms with Gasteiger partial charge >= 0.3 is 0 Å². The third kappa shape index (κ3) is 1.47. The Hall–Kier alpha value is -1.83. The minimum atomic E-state index is -0.274. The van der Waals surface area contributed by atoms with Gasteiger partial charge in [-0.15, -0.1) is 6.58 Å². The van der Waals surface area contributed by atoms with Crippen molar-refractivity contribution in [3.63, 3.8) is 0 Å². The molecule has 0 aliphatic carbocycles. The highest BCUT2D eigenvalue weighted by Gasteiger charge is 2.46. The van der Waals surface area contributed by atoms with E-state index in [4.69, 9.17) is 0 Å². The van der Waals surface area contributed by atoms with E-state index in [1.807, 2.05) is 43.3 Å². The second-order valence-electron chi connectivity index (χ2n) is 4.28. The van der Waals surface area contributed by atoms with Crippen molar-refractivity contribution in [2.24, 2.45) is 0 Å². The summed E-state index contributed by atoms with van der Waals surface area (Å²) in [5, 5.41) is 0. The Balaban J connectivity index is 2.29. The maximum Gasteiger partial charge on any atom is 0.230 e. The Labute approximate surface area is 95.9 Å². The van der Waals surface area contributed by atoms with Gasteiger partial charge < -0.3 is 4.90 Å². The first-order valence-corrected chi connectivity index (χ1v) is 5.29. The topological polar surface area (TPSA) is 20.3 Å². The standard InChI is InChI=1S/C14H15NO/c1-4-14(3)10-13(16)15(14)11(2)12-8-6-5-7-9-12/h4-9H,1-2,10H2,3H3. The molecule has 1 atom stereocenters. The first-order chi connectivity index (χ1) is 7.58. The molecule has 0 aromatic heterocycles. The van der Waals surface area contributed by atoms with Crippen LogP contribution in [0.1, 0.15) is 18.9 Å². The number of rotatable bonds is 3. The van der Waals surface area contributed by atoms with Gasteiger partial charge in [0.05, 0.1) is 12.0 Å². The highest BCUT2D eigenvalue weighted by molar-refractivity contribution is 5.94. The number of carbonyl (C=O) groups excluding carboxylic acids is 1. The Morgan fingerprint density at radius 3 is 2.56 bits per heavy atom. The Morgan fingerprint density at radius 1 is 1.44 bits per heavy atom. The highest BCUT2D eigenvalue weighted by Crippen LogP contribution is 2.38. The number of nitrogens with zero attached hydrogens (tertiary/aromatic N) is 1. The van der Waals surface area contributed by atoms with Crippen molar-refractivity contribution >= 4 is 11.6 Å². The Kier molecular flexibility index (Phi) is 2.43. The summed E-state index contributed by atoms with van der Waals surface area (Å²) in [5.41, 5.74) is 1.45. The van der Waals surface area contributed by atoms with Crippen LogP contribution in [0.4, 0.5) is 0 Å². The number of β-lactam (4-membered cyclic amide) rings is 1. The fraction of sp³-hybridized carbons (Fsp3) is 0.214. The first-order valence-electron chi connectivity index (χ1n) is 5.29. The molecule has 0 spiro atoms. The van der Waals surface area contributed by atoms with Crippen molar-refractivity contribution in [1.82, 2.24) is 4.90 Å². The van der Waals surface area contributed by atoms with Crippen LogP contribution < -0.4 is 0 Å². The zero-order chi connectivity index (χ0) is 11.8. The number of carbonyl (C=O) groups is 1. The fourth-order valence-electron chi connectivity index (χ4n) is 2.04. The van der Waals surface area contributed by atoms with Crippen LogP contribution in [-0.2, 0) is 4.79 Å². The summed E-state index contributed by atoms with van der Waals surface area (Å²) in [6.45, 7) is 9.77. The minimum Gasteiger partial charge on any atom is -0.302 e. The number of hydrogen-bond donors (Lipinski definition) is 0. The van der Waals surface area contributed by atoms with Crippen molar-refractivity contribution in [3.8, 4) is 0 Å². The number of benzene rings is 1. The van der Waals surface area contributed by atoms with Gasteiger partial charge in [-0.2, -0.15) is 0 Å². The smallest absolute Gasteiger partial charge is 0.230 e. The molecule has 1 aliphatic rings. The Morgan fingerprint density at radius 2 is 2.06 bits per heavy atom. The van der Waals surface area contributed by atoms with Gasteiger partial charge in [0.1, 0.15) is 0 Å². The van der Waals surface area contributed by atoms with E-state index in [-0.39, 0.29) is 11.4 Å². The van der Waals surface area contributed by atoms with Gasteiger partial charge in [-0.1, -0.05) is 43.0 Å². The van der Waals surface area contributed by atoms with E-state index < -0.39 is 0 Å². The molecule has 1 aromatic rings. The highest BCUT2D eigenvalue weighted by atomic mass is 16.2. The minimum absolute atomic E-state index is 0.108. The quantitative estimate of drug-likeness (QED) is 0.558. The molecule has 1 fully saturated rings. The summed E-state index contributed by atoms with van der Waals surface area (Å²) in [4.78, 5) is 13.4. The summed E-state index contributed by atoms with van der Waals surface area (Å²) >= 11 is 0. The molecule has 82 valence electrons. The lowest BCUT2D eigenvalue weighted by Crippen LogP contribution is -2.59. The molecule has 0 saturated carbocycles. The van der Waals surface area contributed by atoms with Crippen molar-refractivity contribution in [3.05, 3.63) is 55.1 Å². The number of amides is 1. The first kappa shape index (κ1) is 10.7. The van der Waals surface area contributed by atoms with E-state index in [9.17, 15) is 4.79 Å². The van der Waals surface area contributed by atoms with Crippen molar-refractivity contribution in [2.45, 2.75) is 18.9 Å². The Bertz CT molecular complexity index is 449. The van der Waals surface area contributed by atoms with Crippen LogP contribution >= 0.6 is 0 Å². The predicted octanol–water partition coefficient (Wildman–Crippen LogP) is 2.83. The molecule has 2 heteroatoms. The van der Waals surface area contributed by atoms with Crippen LogP contribution in [0.5, 0.6) is 0 Å². The molecule has 16 heavy (non-hydrogen) atoms. The molecule has 2 nitrogen and oxygen atoms in total. The van der Waals surface area contributed by atoms with E-state index in [0.29, 0.717) is 6.42 Å². The van der Waals surface area contributed by atoms with Crippen LogP contribution in [0.3, 0.4) is 0 Å². The zero-order valence-corrected chi connectivity index (χ0v) is 9.44. The third-order valence-corrected chi connectivity index (χ3v) is 3.09. The van der Waals surface area contributed by atoms with E-state index >= 15 is 0 Å². The van der Waals surface area contributed by atoms with Gasteiger partial charge in [-0.25, -0.2) is 0 Å². The maximum atomic E-state index is 11.6. The molecule has 1 aromatic carbocycles. The fourth-order valence-corrected chi connectivity index (χ4v) is 2.04. The van der Waals surface area contributed by atoms with Crippen LogP contribution in [0.2, 0.25) is 0 Å². The lowest BCUT2D eigenvalue weighted by Gasteiger charge is -2.49. The van der Waals surface area contributed by atoms with E-state index in [1.165, 1.54) is 0 Å². The number of likely N-dealkylation sites (tertiary alicyclic amines) is 1. The van der Waals surface area contributed by atoms with Crippen molar-refractivity contribution in [2.75, 3.05) is 0 Å². The van der Waals surface area contributed by atoms with Crippen LogP contribution in [-0.4, -0.2) is 16.3 Å². The van der Waals surface area contributed by atoms with Crippen LogP contribution in [0.15, 0.2) is 49.6 Å². The zero-order valence-electron chi connectivity index (χ0n) is 9.44. The molecular formula is C14H15NO. The second-order valence-corrected chi connectivity index (χ2v) is 4.28. The van der Waals surface area contributed by atoms with Gasteiger partial charge in [0, 0.05) is 5.70 Å².